The molecule has 1 amide bonds. The van der Waals surface area contributed by atoms with Crippen molar-refractivity contribution in [3.8, 4) is 5.75 Å². The van der Waals surface area contributed by atoms with Crippen molar-refractivity contribution in [2.24, 2.45) is 0 Å². The summed E-state index contributed by atoms with van der Waals surface area (Å²) >= 11 is 7.08. The lowest BCUT2D eigenvalue weighted by molar-refractivity contribution is -0.122. The summed E-state index contributed by atoms with van der Waals surface area (Å²) < 4.78 is 8.15. The second kappa shape index (κ2) is 7.29. The van der Waals surface area contributed by atoms with Gasteiger partial charge in [0, 0.05) is 17.3 Å². The van der Waals surface area contributed by atoms with Gasteiger partial charge < -0.3 is 10.1 Å². The van der Waals surface area contributed by atoms with Crippen LogP contribution in [-0.2, 0) is 11.3 Å². The predicted molar refractivity (Wildman–Crippen MR) is 102 cm³/mol. The molecule has 0 fully saturated rings. The summed E-state index contributed by atoms with van der Waals surface area (Å²) in [6.07, 6.45) is -0.687. The van der Waals surface area contributed by atoms with Gasteiger partial charge in [-0.1, -0.05) is 29.0 Å². The zero-order chi connectivity index (χ0) is 18.0. The average molecular weight is 377 g/mol. The van der Waals surface area contributed by atoms with Crippen molar-refractivity contribution < 1.29 is 9.53 Å². The summed E-state index contributed by atoms with van der Waals surface area (Å²) in [5.41, 5.74) is 1.50. The molecule has 3 rings (SSSR count). The van der Waals surface area contributed by atoms with Crippen molar-refractivity contribution in [2.45, 2.75) is 26.5 Å². The van der Waals surface area contributed by atoms with Gasteiger partial charge in [-0.2, -0.15) is 0 Å². The number of benzene rings is 2. The summed E-state index contributed by atoms with van der Waals surface area (Å²) in [6, 6.07) is 12.3. The van der Waals surface area contributed by atoms with Crippen molar-refractivity contribution in [1.29, 1.82) is 0 Å². The quantitative estimate of drug-likeness (QED) is 0.727. The molecule has 1 heterocycles. The van der Waals surface area contributed by atoms with Gasteiger partial charge in [-0.05, 0) is 50.2 Å². The van der Waals surface area contributed by atoms with Crippen LogP contribution in [0.15, 0.2) is 47.3 Å². The van der Waals surface area contributed by atoms with Gasteiger partial charge in [0.25, 0.3) is 5.91 Å². The molecule has 1 unspecified atom stereocenters. The minimum Gasteiger partial charge on any atom is -0.481 e. The zero-order valence-corrected chi connectivity index (χ0v) is 15.4. The van der Waals surface area contributed by atoms with Crippen molar-refractivity contribution >= 4 is 44.7 Å². The first-order valence-corrected chi connectivity index (χ1v) is 9.04. The smallest absolute Gasteiger partial charge is 0.308 e. The number of rotatable bonds is 5. The minimum atomic E-state index is -0.687. The second-order valence-corrected chi connectivity index (χ2v) is 6.93. The van der Waals surface area contributed by atoms with E-state index >= 15 is 0 Å². The number of fused-ring (bicyclic) bond motifs is 1. The number of hydrogen-bond donors (Lipinski definition) is 1. The van der Waals surface area contributed by atoms with Crippen LogP contribution in [0.4, 0.5) is 5.69 Å². The van der Waals surface area contributed by atoms with Gasteiger partial charge >= 0.3 is 4.87 Å². The Balaban J connectivity index is 1.74. The van der Waals surface area contributed by atoms with Gasteiger partial charge in [-0.3, -0.25) is 14.2 Å². The highest BCUT2D eigenvalue weighted by atomic mass is 35.5. The highest BCUT2D eigenvalue weighted by Crippen LogP contribution is 2.23. The molecular formula is C18H17ClN2O3S. The lowest BCUT2D eigenvalue weighted by atomic mass is 10.2. The Hall–Kier alpha value is -2.31. The predicted octanol–water partition coefficient (Wildman–Crippen LogP) is 4.14. The molecule has 0 aliphatic rings. The van der Waals surface area contributed by atoms with Crippen LogP contribution in [0.1, 0.15) is 13.8 Å². The number of nitrogens with zero attached hydrogens (tertiary/aromatic N) is 1. The summed E-state index contributed by atoms with van der Waals surface area (Å²) in [7, 11) is 0. The first kappa shape index (κ1) is 17.5. The number of thiazole rings is 1. The molecule has 0 spiro atoms. The maximum Gasteiger partial charge on any atom is 0.308 e. The molecule has 0 saturated heterocycles. The summed E-state index contributed by atoms with van der Waals surface area (Å²) in [4.78, 5) is 24.2. The first-order valence-electron chi connectivity index (χ1n) is 7.84. The van der Waals surface area contributed by atoms with Crippen LogP contribution in [0.2, 0.25) is 5.02 Å². The third-order valence-corrected chi connectivity index (χ3v) is 4.91. The van der Waals surface area contributed by atoms with Gasteiger partial charge in [-0.25, -0.2) is 0 Å². The lowest BCUT2D eigenvalue weighted by Gasteiger charge is -2.15. The average Bonchev–Trinajstić information content (AvgIpc) is 2.89. The van der Waals surface area contributed by atoms with E-state index in [9.17, 15) is 9.59 Å². The lowest BCUT2D eigenvalue weighted by Crippen LogP contribution is -2.30. The Morgan fingerprint density at radius 3 is 2.84 bits per heavy atom. The fourth-order valence-corrected chi connectivity index (χ4v) is 3.66. The Labute approximate surface area is 153 Å². The zero-order valence-electron chi connectivity index (χ0n) is 13.8. The topological polar surface area (TPSA) is 60.3 Å². The SMILES string of the molecule is CCn1c(=O)sc2cc(NC(=O)C(C)Oc3cccc(Cl)c3)ccc21. The van der Waals surface area contributed by atoms with E-state index in [2.05, 4.69) is 5.32 Å². The number of aromatic nitrogens is 1. The van der Waals surface area contributed by atoms with Crippen LogP contribution in [0.3, 0.4) is 0 Å². The van der Waals surface area contributed by atoms with Crippen LogP contribution < -0.4 is 14.9 Å². The van der Waals surface area contributed by atoms with E-state index in [-0.39, 0.29) is 10.8 Å². The van der Waals surface area contributed by atoms with E-state index in [0.29, 0.717) is 23.0 Å². The van der Waals surface area contributed by atoms with E-state index < -0.39 is 6.10 Å². The third-order valence-electron chi connectivity index (χ3n) is 3.73. The van der Waals surface area contributed by atoms with Gasteiger partial charge in [0.2, 0.25) is 0 Å². The molecule has 25 heavy (non-hydrogen) atoms. The number of anilines is 1. The fourth-order valence-electron chi connectivity index (χ4n) is 2.49. The molecule has 0 aliphatic heterocycles. The normalized spacial score (nSPS) is 12.1. The molecule has 0 bridgehead atoms. The van der Waals surface area contributed by atoms with Crippen molar-refractivity contribution in [3.63, 3.8) is 0 Å². The molecule has 1 aromatic heterocycles. The molecule has 0 aliphatic carbocycles. The van der Waals surface area contributed by atoms with Crippen LogP contribution in [0, 0.1) is 0 Å². The maximum absolute atomic E-state index is 12.3. The monoisotopic (exact) mass is 376 g/mol. The molecule has 7 heteroatoms. The summed E-state index contributed by atoms with van der Waals surface area (Å²) in [5, 5.41) is 3.36. The van der Waals surface area contributed by atoms with Gasteiger partial charge in [0.1, 0.15) is 5.75 Å². The van der Waals surface area contributed by atoms with E-state index in [1.165, 1.54) is 11.3 Å². The Morgan fingerprint density at radius 1 is 1.32 bits per heavy atom. The molecule has 1 atom stereocenters. The number of hydrogen-bond acceptors (Lipinski definition) is 4. The fraction of sp³-hybridized carbons (Fsp3) is 0.222. The van der Waals surface area contributed by atoms with Crippen molar-refractivity contribution in [2.75, 3.05) is 5.32 Å². The molecule has 3 aromatic rings. The van der Waals surface area contributed by atoms with Gasteiger partial charge in [-0.15, -0.1) is 0 Å². The van der Waals surface area contributed by atoms with E-state index in [1.54, 1.807) is 47.9 Å². The van der Waals surface area contributed by atoms with E-state index in [1.807, 2.05) is 13.0 Å². The van der Waals surface area contributed by atoms with Crippen LogP contribution >= 0.6 is 22.9 Å². The molecule has 0 radical (unpaired) electrons. The molecule has 1 N–H and O–H groups in total. The first-order chi connectivity index (χ1) is 12.0. The molecule has 130 valence electrons. The summed E-state index contributed by atoms with van der Waals surface area (Å²) in [5.74, 6) is 0.255. The Morgan fingerprint density at radius 2 is 2.12 bits per heavy atom. The number of carbonyl (C=O) groups excluding carboxylic acids is 1. The largest absolute Gasteiger partial charge is 0.481 e. The highest BCUT2D eigenvalue weighted by Gasteiger charge is 2.16. The number of ether oxygens (including phenoxy) is 1. The second-order valence-electron chi connectivity index (χ2n) is 5.50. The Bertz CT molecular complexity index is 980. The molecule has 5 nitrogen and oxygen atoms in total. The van der Waals surface area contributed by atoms with Crippen LogP contribution in [-0.4, -0.2) is 16.6 Å². The van der Waals surface area contributed by atoms with Crippen LogP contribution in [0.5, 0.6) is 5.75 Å². The number of nitrogens with one attached hydrogen (secondary N) is 1. The number of amides is 1. The number of carbonyl (C=O) groups is 1. The van der Waals surface area contributed by atoms with Gasteiger partial charge in [0.15, 0.2) is 6.10 Å². The maximum atomic E-state index is 12.3. The molecule has 2 aromatic carbocycles. The summed E-state index contributed by atoms with van der Waals surface area (Å²) in [6.45, 7) is 4.22. The van der Waals surface area contributed by atoms with E-state index in [4.69, 9.17) is 16.3 Å². The minimum absolute atomic E-state index is 0.00126. The third kappa shape index (κ3) is 3.86. The molecule has 0 saturated carbocycles. The Kier molecular flexibility index (Phi) is 5.11. The number of aryl methyl sites for hydroxylation is 1. The standard InChI is InChI=1S/C18H17ClN2O3S/c1-3-21-15-8-7-13(10-16(15)25-18(21)23)20-17(22)11(2)24-14-6-4-5-12(19)9-14/h4-11H,3H2,1-2H3,(H,20,22). The van der Waals surface area contributed by atoms with Gasteiger partial charge in [0.05, 0.1) is 10.2 Å². The van der Waals surface area contributed by atoms with Crippen LogP contribution in [0.25, 0.3) is 10.2 Å². The van der Waals surface area contributed by atoms with E-state index in [0.717, 1.165) is 10.2 Å². The van der Waals surface area contributed by atoms with Crippen molar-refractivity contribution in [3.05, 3.63) is 57.2 Å². The number of halogens is 1. The van der Waals surface area contributed by atoms with Crippen molar-refractivity contribution in [1.82, 2.24) is 4.57 Å². The highest BCUT2D eigenvalue weighted by molar-refractivity contribution is 7.16. The molecular weight excluding hydrogens is 360 g/mol.